The van der Waals surface area contributed by atoms with Crippen LogP contribution in [0, 0.1) is 0 Å². The van der Waals surface area contributed by atoms with Gasteiger partial charge >= 0.3 is 39.1 Å². The fourth-order valence-corrected chi connectivity index (χ4v) is 17.4. The van der Waals surface area contributed by atoms with Gasteiger partial charge < -0.3 is 115 Å². The second kappa shape index (κ2) is 28.6. The molecule has 0 bridgehead atoms. The van der Waals surface area contributed by atoms with Gasteiger partial charge in [-0.1, -0.05) is 0 Å². The number of hydrogen-bond acceptors (Lipinski definition) is 39. The van der Waals surface area contributed by atoms with Gasteiger partial charge in [0.2, 0.25) is 11.9 Å². The summed E-state index contributed by atoms with van der Waals surface area (Å²) in [5.41, 5.74) is 20.9. The number of rotatable bonds is 28. The Hall–Kier alpha value is -6.77. The third-order valence-electron chi connectivity index (χ3n) is 16.2. The normalized spacial score (nSPS) is 30.5. The molecule has 0 radical (unpaired) electrons. The molecule has 4 saturated heterocycles. The summed E-state index contributed by atoms with van der Waals surface area (Å²) in [6.45, 7) is -1.50. The molecule has 55 heteroatoms. The van der Waals surface area contributed by atoms with E-state index in [9.17, 15) is 77.0 Å². The van der Waals surface area contributed by atoms with Gasteiger partial charge in [0.25, 0.3) is 16.7 Å². The summed E-state index contributed by atoms with van der Waals surface area (Å²) < 4.78 is 154. The maximum atomic E-state index is 14.5. The molecular formula is C47H66N19O31P5. The number of methoxy groups -OCH3 is 2. The third kappa shape index (κ3) is 15.2. The molecule has 0 saturated carbocycles. The number of aliphatic hydroxyl groups excluding tert-OH is 3. The second-order valence-electron chi connectivity index (χ2n) is 23.3. The van der Waals surface area contributed by atoms with E-state index in [0.717, 1.165) is 42.3 Å². The summed E-state index contributed by atoms with van der Waals surface area (Å²) in [6.07, 6.45) is -23.0. The summed E-state index contributed by atoms with van der Waals surface area (Å²) in [7, 11) is -26.0. The van der Waals surface area contributed by atoms with Crippen molar-refractivity contribution in [2.75, 3.05) is 87.1 Å². The van der Waals surface area contributed by atoms with E-state index in [4.69, 9.17) is 83.2 Å². The number of ether oxygens (including phenoxy) is 7. The van der Waals surface area contributed by atoms with Gasteiger partial charge in [0, 0.05) is 27.3 Å². The van der Waals surface area contributed by atoms with Gasteiger partial charge in [-0.2, -0.15) is 18.6 Å². The number of fused-ring (bicyclic) bond motifs is 4. The Morgan fingerprint density at radius 3 is 1.63 bits per heavy atom. The van der Waals surface area contributed by atoms with Crippen LogP contribution in [0.15, 0.2) is 45.8 Å². The summed E-state index contributed by atoms with van der Waals surface area (Å²) in [4.78, 5) is 132. The molecule has 102 heavy (non-hydrogen) atoms. The maximum absolute atomic E-state index is 14.5. The molecule has 50 nitrogen and oxygen atoms in total. The molecule has 0 amide bonds. The molecular weight excluding hydrogens is 1480 g/mol. The van der Waals surface area contributed by atoms with Crippen LogP contribution in [-0.2, 0) is 91.7 Å². The highest BCUT2D eigenvalue weighted by Gasteiger charge is 2.56. The van der Waals surface area contributed by atoms with Crippen LogP contribution < -0.4 is 49.4 Å². The van der Waals surface area contributed by atoms with Gasteiger partial charge in [-0.05, 0) is 13.8 Å². The monoisotopic (exact) mass is 1550 g/mol. The van der Waals surface area contributed by atoms with Crippen LogP contribution in [0.2, 0.25) is 0 Å². The number of nitrogens with zero attached hydrogens (tertiary/aromatic N) is 12. The number of aromatic amines is 3. The van der Waals surface area contributed by atoms with Gasteiger partial charge in [-0.25, -0.2) is 47.7 Å². The minimum absolute atomic E-state index is 0.00725. The maximum Gasteiger partial charge on any atom is 0.490 e. The van der Waals surface area contributed by atoms with Crippen molar-refractivity contribution >= 4 is 108 Å². The lowest BCUT2D eigenvalue weighted by Crippen LogP contribution is -2.45. The Morgan fingerprint density at radius 1 is 0.549 bits per heavy atom. The van der Waals surface area contributed by atoms with E-state index < -0.39 is 192 Å². The van der Waals surface area contributed by atoms with Gasteiger partial charge in [-0.15, -0.1) is 0 Å². The van der Waals surface area contributed by atoms with Gasteiger partial charge in [0.05, 0.1) is 63.7 Å². The molecule has 0 aromatic carbocycles. The lowest BCUT2D eigenvalue weighted by molar-refractivity contribution is -0.0816. The first-order valence-corrected chi connectivity index (χ1v) is 37.2. The topological polar surface area (TPSA) is 700 Å². The van der Waals surface area contributed by atoms with Gasteiger partial charge in [-0.3, -0.25) is 60.6 Å². The Kier molecular flexibility index (Phi) is 21.0. The summed E-state index contributed by atoms with van der Waals surface area (Å²) in [6, 6.07) is 1.36. The number of aliphatic hydroxyl groups is 3. The van der Waals surface area contributed by atoms with Crippen LogP contribution in [-0.4, -0.2) is 243 Å². The van der Waals surface area contributed by atoms with Crippen molar-refractivity contribution in [1.82, 2.24) is 63.5 Å². The molecule has 12 rings (SSSR count). The molecule has 21 atom stereocenters. The number of pyridine rings is 1. The number of nitrogens with two attached hydrogens (primary N) is 4. The van der Waals surface area contributed by atoms with E-state index in [1.54, 1.807) is 13.8 Å². The number of aromatic nitrogens is 13. The number of nitrogen functional groups attached to an aromatic ring is 4. The van der Waals surface area contributed by atoms with Crippen molar-refractivity contribution in [2.24, 2.45) is 0 Å². The van der Waals surface area contributed by atoms with Crippen LogP contribution in [0.25, 0.3) is 33.4 Å². The molecule has 19 N–H and O–H groups in total. The Balaban J connectivity index is 0.752. The van der Waals surface area contributed by atoms with Crippen LogP contribution in [0.3, 0.4) is 0 Å². The fourth-order valence-electron chi connectivity index (χ4n) is 12.0. The molecule has 4 fully saturated rings. The van der Waals surface area contributed by atoms with Crippen LogP contribution in [0.5, 0.6) is 0 Å². The van der Waals surface area contributed by atoms with Crippen LogP contribution in [0.4, 0.5) is 35.0 Å². The molecule has 0 spiro atoms. The lowest BCUT2D eigenvalue weighted by Gasteiger charge is -2.28. The van der Waals surface area contributed by atoms with Gasteiger partial charge in [0.15, 0.2) is 58.9 Å². The minimum atomic E-state index is -6.31. The van der Waals surface area contributed by atoms with E-state index in [0.29, 0.717) is 0 Å². The van der Waals surface area contributed by atoms with Crippen LogP contribution >= 0.6 is 39.1 Å². The largest absolute Gasteiger partial charge is 0.490 e. The molecule has 7 aromatic heterocycles. The highest BCUT2D eigenvalue weighted by atomic mass is 31.3. The number of phosphoric ester groups is 4. The van der Waals surface area contributed by atoms with E-state index in [1.165, 1.54) is 33.8 Å². The molecule has 560 valence electrons. The molecule has 12 heterocycles. The lowest BCUT2D eigenvalue weighted by atomic mass is 10.1. The number of nitrogens with one attached hydrogen (secondary N) is 3. The zero-order valence-corrected chi connectivity index (χ0v) is 57.6. The molecule has 0 aliphatic carbocycles. The predicted molar refractivity (Wildman–Crippen MR) is 337 cm³/mol. The zero-order valence-electron chi connectivity index (χ0n) is 53.1. The second-order valence-corrected chi connectivity index (χ2v) is 30.8. The Morgan fingerprint density at radius 2 is 1.04 bits per heavy atom. The number of H-pyrrole nitrogens is 3. The van der Waals surface area contributed by atoms with E-state index in [-0.39, 0.29) is 69.1 Å². The van der Waals surface area contributed by atoms with Crippen molar-refractivity contribution in [3.63, 3.8) is 0 Å². The number of hydrogen-bond donors (Lipinski definition) is 15. The molecule has 9 unspecified atom stereocenters. The first kappa shape index (κ1) is 74.9. The first-order valence-electron chi connectivity index (χ1n) is 29.7. The number of anilines is 6. The average molecular weight is 1550 g/mol. The van der Waals surface area contributed by atoms with Crippen molar-refractivity contribution in [3.05, 3.63) is 62.4 Å². The summed E-state index contributed by atoms with van der Waals surface area (Å²) in [5, 5.41) is 33.4. The van der Waals surface area contributed by atoms with E-state index in [2.05, 4.69) is 58.5 Å². The predicted octanol–water partition coefficient (Wildman–Crippen LogP) is -3.28. The minimum Gasteiger partial charge on any atom is -0.387 e. The standard InChI is InChI=1S/C47H66N19O31P5/c1-16(2)89-30-19(91-43(29(30)69)63-12-54-23-17(63)6-22(48)57-39(23)70)8-85-98(73,74)94-31-20(93-45(34(31)84-5)65-14-56-25-37(65)58-46(50)60-40(25)71)9-86-99(75,76)95-32-21(92-44(33(32)83-4)64-13-55-24-35(49)52-11-53-36(24)64)10-88-101(79,80)97-102(81,82)96-100(77,78)87-7-18-27(67)28(68)42(90-18)66-15-62(3)26-38(66)59-47(51)61-41(26)72/h6,11-14,16,18-21,27-34,42-45,67-69H,7-10,15H2,1-5H3,(H,73,74)(H,75,76)(H,77,78)(H,79,80)(H,81,82)(H3,48,57,70)(H2,49,52,53)(H3,50,58,60,71)(H3,51,59,61,72)/t18-,19-,20-,21-,27+,28?,29+,30?,31?,32?,33+,34+,42-,43-,44-,45-/m1/s1. The Bertz CT molecular complexity index is 4740. The number of phosphoric acid groups is 5. The van der Waals surface area contributed by atoms with Crippen molar-refractivity contribution in [1.29, 1.82) is 0 Å². The van der Waals surface area contributed by atoms with Crippen molar-refractivity contribution in [2.45, 2.75) is 118 Å². The van der Waals surface area contributed by atoms with E-state index >= 15 is 0 Å². The summed E-state index contributed by atoms with van der Waals surface area (Å²) >= 11 is 0. The third-order valence-corrected chi connectivity index (χ3v) is 22.4. The van der Waals surface area contributed by atoms with E-state index in [1.807, 2.05) is 0 Å². The molecule has 7 aromatic rings. The Labute approximate surface area is 568 Å². The van der Waals surface area contributed by atoms with Crippen molar-refractivity contribution in [3.8, 4) is 0 Å². The average Bonchev–Trinajstić information content (AvgIpc) is 1.63. The van der Waals surface area contributed by atoms with Crippen LogP contribution in [0.1, 0.15) is 32.5 Å². The SMILES string of the molecule is CO[C@H]1C(OP(=O)(O)OC[C@H]2O[C@@H](n3cnc4c(=O)[nH]c(N)nc43)[C@@H](OC)C2OP(=O)(O)OC[C@H]2O[C@@H](n3cnc4c(=O)[nH]c(N)cc43)[C@@H](O)C2OC(C)C)[C@@H](COP(=O)(O)OP(=O)(O)OP(=O)(O)OC[C@H]2O[C@@H](N3CN(C)c4c3nc(N)[nH]c4=O)C(O)[C@H]2O)O[C@H]1n1cnc2c(N)ncnc21. The molecule has 5 aliphatic rings. The quantitative estimate of drug-likeness (QED) is 0.0214. The zero-order chi connectivity index (χ0) is 73.6. The highest BCUT2D eigenvalue weighted by Crippen LogP contribution is 2.68. The van der Waals surface area contributed by atoms with Gasteiger partial charge in [0.1, 0.15) is 96.6 Å². The summed E-state index contributed by atoms with van der Waals surface area (Å²) in [5.74, 6) is -0.978. The molecule has 5 aliphatic heterocycles. The number of imidazole rings is 3. The smallest absolute Gasteiger partial charge is 0.387 e. The fraction of sp³-hybridized carbons (Fsp3) is 0.574. The highest BCUT2D eigenvalue weighted by molar-refractivity contribution is 7.66. The van der Waals surface area contributed by atoms with Crippen molar-refractivity contribution < 1.29 is 132 Å². The first-order chi connectivity index (χ1) is 48.0.